The molecule has 39 heavy (non-hydrogen) atoms. The molecule has 3 aromatic heterocycles. The lowest BCUT2D eigenvalue weighted by Gasteiger charge is -2.26. The van der Waals surface area contributed by atoms with Crippen LogP contribution in [0.1, 0.15) is 0 Å². The third kappa shape index (κ3) is 3.61. The molecule has 0 bridgehead atoms. The SMILES string of the molecule is c1ccc(-c2ccc(N(c3ccc4sc5ccccc5c4c3)c3cccc4c3oc3cnccc34)cc2)cc1. The average molecular weight is 519 g/mol. The number of pyridine rings is 1. The van der Waals surface area contributed by atoms with Crippen LogP contribution in [0, 0.1) is 0 Å². The number of anilines is 3. The van der Waals surface area contributed by atoms with Crippen LogP contribution in [0.4, 0.5) is 17.1 Å². The molecule has 0 atom stereocenters. The summed E-state index contributed by atoms with van der Waals surface area (Å²) in [6.45, 7) is 0. The summed E-state index contributed by atoms with van der Waals surface area (Å²) < 4.78 is 9.03. The van der Waals surface area contributed by atoms with Gasteiger partial charge in [-0.3, -0.25) is 4.98 Å². The Morgan fingerprint density at radius 3 is 2.21 bits per heavy atom. The summed E-state index contributed by atoms with van der Waals surface area (Å²) >= 11 is 1.83. The lowest BCUT2D eigenvalue weighted by molar-refractivity contribution is 0.667. The first-order valence-electron chi connectivity index (χ1n) is 13.0. The Balaban J connectivity index is 1.37. The predicted octanol–water partition coefficient (Wildman–Crippen LogP) is 10.5. The van der Waals surface area contributed by atoms with E-state index in [2.05, 4.69) is 119 Å². The number of thiophene rings is 1. The van der Waals surface area contributed by atoms with Crippen molar-refractivity contribution in [3.05, 3.63) is 134 Å². The van der Waals surface area contributed by atoms with E-state index in [9.17, 15) is 0 Å². The van der Waals surface area contributed by atoms with Crippen molar-refractivity contribution in [2.45, 2.75) is 0 Å². The minimum atomic E-state index is 0.790. The average Bonchev–Trinajstić information content (AvgIpc) is 3.57. The van der Waals surface area contributed by atoms with E-state index in [1.54, 1.807) is 6.20 Å². The Kier molecular flexibility index (Phi) is 5.00. The van der Waals surface area contributed by atoms with Gasteiger partial charge in [0, 0.05) is 48.5 Å². The molecule has 184 valence electrons. The van der Waals surface area contributed by atoms with Gasteiger partial charge in [-0.15, -0.1) is 11.3 Å². The third-order valence-electron chi connectivity index (χ3n) is 7.37. The summed E-state index contributed by atoms with van der Waals surface area (Å²) in [5.41, 5.74) is 7.18. The summed E-state index contributed by atoms with van der Waals surface area (Å²) in [7, 11) is 0. The van der Waals surface area contributed by atoms with E-state index in [4.69, 9.17) is 4.42 Å². The maximum absolute atomic E-state index is 6.44. The first kappa shape index (κ1) is 22.1. The van der Waals surface area contributed by atoms with Gasteiger partial charge in [-0.2, -0.15) is 0 Å². The molecule has 0 aliphatic heterocycles. The number of para-hydroxylation sites is 1. The fourth-order valence-corrected chi connectivity index (χ4v) is 6.61. The summed E-state index contributed by atoms with van der Waals surface area (Å²) in [4.78, 5) is 6.59. The number of rotatable bonds is 4. The quantitative estimate of drug-likeness (QED) is 0.232. The summed E-state index contributed by atoms with van der Waals surface area (Å²) in [6, 6.07) is 43.1. The van der Waals surface area contributed by atoms with Crippen molar-refractivity contribution in [2.24, 2.45) is 0 Å². The van der Waals surface area contributed by atoms with Gasteiger partial charge in [0.05, 0.1) is 11.9 Å². The van der Waals surface area contributed by atoms with Crippen molar-refractivity contribution in [1.29, 1.82) is 0 Å². The molecule has 0 amide bonds. The maximum atomic E-state index is 6.44. The van der Waals surface area contributed by atoms with Crippen molar-refractivity contribution in [3.8, 4) is 11.1 Å². The Bertz CT molecular complexity index is 2120. The molecule has 0 aliphatic rings. The predicted molar refractivity (Wildman–Crippen MR) is 165 cm³/mol. The summed E-state index contributed by atoms with van der Waals surface area (Å²) in [6.07, 6.45) is 3.61. The van der Waals surface area contributed by atoms with Crippen molar-refractivity contribution in [2.75, 3.05) is 4.90 Å². The molecule has 3 nitrogen and oxygen atoms in total. The van der Waals surface area contributed by atoms with Gasteiger partial charge in [0.2, 0.25) is 0 Å². The molecule has 0 fully saturated rings. The topological polar surface area (TPSA) is 29.3 Å². The molecule has 0 saturated carbocycles. The number of furan rings is 1. The largest absolute Gasteiger partial charge is 0.452 e. The molecule has 5 aromatic carbocycles. The Labute approximate surface area is 229 Å². The molecule has 8 rings (SSSR count). The second kappa shape index (κ2) is 8.83. The highest BCUT2D eigenvalue weighted by Crippen LogP contribution is 2.44. The van der Waals surface area contributed by atoms with E-state index in [1.807, 2.05) is 29.7 Å². The Morgan fingerprint density at radius 2 is 1.31 bits per heavy atom. The van der Waals surface area contributed by atoms with Gasteiger partial charge in [-0.25, -0.2) is 0 Å². The zero-order chi connectivity index (χ0) is 25.8. The first-order chi connectivity index (χ1) is 19.3. The minimum Gasteiger partial charge on any atom is -0.452 e. The van der Waals surface area contributed by atoms with E-state index >= 15 is 0 Å². The standard InChI is InChI=1S/C35H22N2OS/c1-2-7-23(8-3-1)24-13-15-25(16-14-24)37(26-17-18-34-30(21-26)28-9-4-5-12-33(28)39-34)31-11-6-10-29-27-19-20-36-22-32(27)38-35(29)31/h1-22H. The zero-order valence-corrected chi connectivity index (χ0v) is 21.7. The van der Waals surface area contributed by atoms with Crippen LogP contribution < -0.4 is 4.90 Å². The van der Waals surface area contributed by atoms with E-state index in [1.165, 1.54) is 31.3 Å². The number of hydrogen-bond donors (Lipinski definition) is 0. The minimum absolute atomic E-state index is 0.790. The zero-order valence-electron chi connectivity index (χ0n) is 20.9. The number of hydrogen-bond acceptors (Lipinski definition) is 4. The Hall–Kier alpha value is -4.93. The lowest BCUT2D eigenvalue weighted by Crippen LogP contribution is -2.10. The van der Waals surface area contributed by atoms with E-state index < -0.39 is 0 Å². The van der Waals surface area contributed by atoms with Crippen molar-refractivity contribution < 1.29 is 4.42 Å². The lowest BCUT2D eigenvalue weighted by atomic mass is 10.0. The molecule has 0 saturated heterocycles. The second-order valence-corrected chi connectivity index (χ2v) is 10.7. The molecule has 0 unspecified atom stereocenters. The van der Waals surface area contributed by atoms with E-state index in [0.29, 0.717) is 0 Å². The van der Waals surface area contributed by atoms with Crippen molar-refractivity contribution >= 4 is 70.5 Å². The van der Waals surface area contributed by atoms with Crippen LogP contribution in [0.2, 0.25) is 0 Å². The fraction of sp³-hybridized carbons (Fsp3) is 0. The van der Waals surface area contributed by atoms with Gasteiger partial charge >= 0.3 is 0 Å². The highest BCUT2D eigenvalue weighted by molar-refractivity contribution is 7.25. The fourth-order valence-electron chi connectivity index (χ4n) is 5.53. The first-order valence-corrected chi connectivity index (χ1v) is 13.8. The highest BCUT2D eigenvalue weighted by Gasteiger charge is 2.20. The second-order valence-electron chi connectivity index (χ2n) is 9.65. The number of nitrogens with zero attached hydrogens (tertiary/aromatic N) is 2. The third-order valence-corrected chi connectivity index (χ3v) is 8.52. The molecule has 0 spiro atoms. The highest BCUT2D eigenvalue weighted by atomic mass is 32.1. The van der Waals surface area contributed by atoms with Gasteiger partial charge in [-0.1, -0.05) is 72.8 Å². The molecule has 4 heteroatoms. The van der Waals surface area contributed by atoms with Gasteiger partial charge in [0.15, 0.2) is 11.2 Å². The van der Waals surface area contributed by atoms with E-state index in [-0.39, 0.29) is 0 Å². The van der Waals surface area contributed by atoms with Crippen LogP contribution in [-0.2, 0) is 0 Å². The van der Waals surface area contributed by atoms with Crippen LogP contribution in [0.15, 0.2) is 138 Å². The smallest absolute Gasteiger partial charge is 0.159 e. The van der Waals surface area contributed by atoms with Gasteiger partial charge < -0.3 is 9.32 Å². The normalized spacial score (nSPS) is 11.6. The number of aromatic nitrogens is 1. The van der Waals surface area contributed by atoms with Crippen LogP contribution in [0.3, 0.4) is 0 Å². The Morgan fingerprint density at radius 1 is 0.564 bits per heavy atom. The molecule has 0 aliphatic carbocycles. The van der Waals surface area contributed by atoms with Crippen molar-refractivity contribution in [1.82, 2.24) is 4.98 Å². The van der Waals surface area contributed by atoms with Crippen LogP contribution in [-0.4, -0.2) is 4.98 Å². The summed E-state index contributed by atoms with van der Waals surface area (Å²) in [5.74, 6) is 0. The van der Waals surface area contributed by atoms with E-state index in [0.717, 1.165) is 39.0 Å². The molecular formula is C35H22N2OS. The monoisotopic (exact) mass is 518 g/mol. The van der Waals surface area contributed by atoms with Crippen LogP contribution in [0.5, 0.6) is 0 Å². The molecule has 0 N–H and O–H groups in total. The van der Waals surface area contributed by atoms with Gasteiger partial charge in [0.25, 0.3) is 0 Å². The van der Waals surface area contributed by atoms with Crippen LogP contribution >= 0.6 is 11.3 Å². The molecule has 3 heterocycles. The number of fused-ring (bicyclic) bond motifs is 6. The molecular weight excluding hydrogens is 496 g/mol. The van der Waals surface area contributed by atoms with Gasteiger partial charge in [0.1, 0.15) is 0 Å². The number of benzene rings is 5. The maximum Gasteiger partial charge on any atom is 0.159 e. The van der Waals surface area contributed by atoms with Crippen molar-refractivity contribution in [3.63, 3.8) is 0 Å². The molecule has 0 radical (unpaired) electrons. The van der Waals surface area contributed by atoms with Crippen LogP contribution in [0.25, 0.3) is 53.2 Å². The summed E-state index contributed by atoms with van der Waals surface area (Å²) in [5, 5.41) is 4.70. The van der Waals surface area contributed by atoms with Gasteiger partial charge in [-0.05, 0) is 59.7 Å². The molecule has 8 aromatic rings.